The summed E-state index contributed by atoms with van der Waals surface area (Å²) in [5.74, 6) is 0.624. The van der Waals surface area contributed by atoms with E-state index >= 15 is 0 Å². The molecule has 2 aromatic rings. The number of aliphatic imine (C=N–C) groups is 1. The number of carbonyl (C=O) groups is 1. The van der Waals surface area contributed by atoms with Crippen LogP contribution >= 0.6 is 35.3 Å². The molecule has 0 aliphatic rings. The molecule has 2 rings (SSSR count). The second-order valence-corrected chi connectivity index (χ2v) is 6.22. The van der Waals surface area contributed by atoms with Crippen molar-refractivity contribution in [3.63, 3.8) is 0 Å². The van der Waals surface area contributed by atoms with Gasteiger partial charge in [-0.05, 0) is 19.4 Å². The van der Waals surface area contributed by atoms with Crippen LogP contribution in [0.25, 0.3) is 0 Å². The molecular weight excluding hydrogens is 449 g/mol. The second kappa shape index (κ2) is 11.0. The van der Waals surface area contributed by atoms with Gasteiger partial charge in [0.25, 0.3) is 5.91 Å². The van der Waals surface area contributed by atoms with Crippen LogP contribution in [-0.4, -0.2) is 37.0 Å². The molecule has 0 unspecified atom stereocenters. The van der Waals surface area contributed by atoms with Gasteiger partial charge in [-0.3, -0.25) is 9.79 Å². The highest BCUT2D eigenvalue weighted by molar-refractivity contribution is 14.0. The summed E-state index contributed by atoms with van der Waals surface area (Å²) in [6.07, 6.45) is 0. The Labute approximate surface area is 169 Å². The summed E-state index contributed by atoms with van der Waals surface area (Å²) in [6, 6.07) is 8.33. The van der Waals surface area contributed by atoms with Gasteiger partial charge in [-0.2, -0.15) is 0 Å². The van der Waals surface area contributed by atoms with Gasteiger partial charge >= 0.3 is 0 Å². The monoisotopic (exact) mass is 473 g/mol. The number of nitrogens with zero attached hydrogens (tertiary/aromatic N) is 2. The number of benzene rings is 1. The van der Waals surface area contributed by atoms with Crippen molar-refractivity contribution in [3.8, 4) is 0 Å². The zero-order valence-corrected chi connectivity index (χ0v) is 17.8. The van der Waals surface area contributed by atoms with Gasteiger partial charge in [-0.1, -0.05) is 29.8 Å². The number of thiazole rings is 1. The van der Waals surface area contributed by atoms with Gasteiger partial charge < -0.3 is 16.0 Å². The highest BCUT2D eigenvalue weighted by Gasteiger charge is 2.10. The van der Waals surface area contributed by atoms with Gasteiger partial charge in [0.05, 0.1) is 11.2 Å². The molecule has 0 saturated heterocycles. The number of aromatic nitrogens is 1. The summed E-state index contributed by atoms with van der Waals surface area (Å²) in [5, 5.41) is 9.31. The summed E-state index contributed by atoms with van der Waals surface area (Å²) in [5.41, 5.74) is 4.88. The molecule has 1 aromatic heterocycles. The molecule has 1 amide bonds. The van der Waals surface area contributed by atoms with Crippen molar-refractivity contribution in [1.29, 1.82) is 0 Å². The van der Waals surface area contributed by atoms with E-state index in [1.165, 1.54) is 22.5 Å². The predicted molar refractivity (Wildman–Crippen MR) is 114 cm³/mol. The number of rotatable bonds is 6. The van der Waals surface area contributed by atoms with Gasteiger partial charge in [-0.15, -0.1) is 35.3 Å². The summed E-state index contributed by atoms with van der Waals surface area (Å²) in [7, 11) is 1.73. The normalized spacial score (nSPS) is 10.8. The van der Waals surface area contributed by atoms with Crippen molar-refractivity contribution in [2.24, 2.45) is 4.99 Å². The Kier molecular flexibility index (Phi) is 9.43. The van der Waals surface area contributed by atoms with Crippen molar-refractivity contribution in [2.45, 2.75) is 20.4 Å². The van der Waals surface area contributed by atoms with E-state index in [0.717, 1.165) is 5.69 Å². The maximum Gasteiger partial charge on any atom is 0.263 e. The fourth-order valence-corrected chi connectivity index (χ4v) is 2.90. The highest BCUT2D eigenvalue weighted by atomic mass is 127. The third-order valence-electron chi connectivity index (χ3n) is 3.42. The smallest absolute Gasteiger partial charge is 0.263 e. The SMILES string of the molecule is CN=C(NCCNC(=O)c1scnc1C)NCc1cccc(C)c1.I. The molecular formula is C17H24IN5OS. The third kappa shape index (κ3) is 6.99. The first kappa shape index (κ1) is 21.4. The van der Waals surface area contributed by atoms with Gasteiger partial charge in [0.15, 0.2) is 5.96 Å². The van der Waals surface area contributed by atoms with Gasteiger partial charge in [-0.25, -0.2) is 4.98 Å². The summed E-state index contributed by atoms with van der Waals surface area (Å²) >= 11 is 1.35. The number of aryl methyl sites for hydroxylation is 2. The van der Waals surface area contributed by atoms with Crippen LogP contribution in [-0.2, 0) is 6.54 Å². The first-order valence-electron chi connectivity index (χ1n) is 7.78. The Bertz CT molecular complexity index is 717. The zero-order chi connectivity index (χ0) is 17.4. The molecule has 0 saturated carbocycles. The van der Waals surface area contributed by atoms with Crippen LogP contribution in [0.1, 0.15) is 26.5 Å². The minimum absolute atomic E-state index is 0. The lowest BCUT2D eigenvalue weighted by molar-refractivity contribution is 0.0957. The van der Waals surface area contributed by atoms with Crippen molar-refractivity contribution in [1.82, 2.24) is 20.9 Å². The van der Waals surface area contributed by atoms with E-state index in [9.17, 15) is 4.79 Å². The van der Waals surface area contributed by atoms with Crippen LogP contribution in [0.2, 0.25) is 0 Å². The van der Waals surface area contributed by atoms with Crippen LogP contribution < -0.4 is 16.0 Å². The van der Waals surface area contributed by atoms with Crippen LogP contribution in [0.15, 0.2) is 34.8 Å². The molecule has 0 aliphatic heterocycles. The van der Waals surface area contributed by atoms with Crippen LogP contribution in [0.4, 0.5) is 0 Å². The maximum absolute atomic E-state index is 12.0. The fraction of sp³-hybridized carbons (Fsp3) is 0.353. The number of hydrogen-bond donors (Lipinski definition) is 3. The molecule has 3 N–H and O–H groups in total. The summed E-state index contributed by atoms with van der Waals surface area (Å²) < 4.78 is 0. The average Bonchev–Trinajstić information content (AvgIpc) is 3.00. The lowest BCUT2D eigenvalue weighted by Crippen LogP contribution is -2.41. The molecule has 136 valence electrons. The van der Waals surface area contributed by atoms with Crippen LogP contribution in [0.3, 0.4) is 0 Å². The second-order valence-electron chi connectivity index (χ2n) is 5.36. The Morgan fingerprint density at radius 3 is 2.60 bits per heavy atom. The molecule has 6 nitrogen and oxygen atoms in total. The average molecular weight is 473 g/mol. The van der Waals surface area contributed by atoms with E-state index in [0.29, 0.717) is 30.5 Å². The van der Waals surface area contributed by atoms with Crippen LogP contribution in [0, 0.1) is 13.8 Å². The third-order valence-corrected chi connectivity index (χ3v) is 4.35. The zero-order valence-electron chi connectivity index (χ0n) is 14.6. The number of halogens is 1. The summed E-state index contributed by atoms with van der Waals surface area (Å²) in [6.45, 7) is 5.72. The molecule has 25 heavy (non-hydrogen) atoms. The minimum atomic E-state index is -0.0838. The number of amides is 1. The van der Waals surface area contributed by atoms with Crippen molar-refractivity contribution in [3.05, 3.63) is 51.5 Å². The maximum atomic E-state index is 12.0. The molecule has 1 aromatic carbocycles. The van der Waals surface area contributed by atoms with E-state index in [1.54, 1.807) is 12.6 Å². The fourth-order valence-electron chi connectivity index (χ4n) is 2.19. The summed E-state index contributed by atoms with van der Waals surface area (Å²) in [4.78, 5) is 20.9. The Morgan fingerprint density at radius 1 is 1.20 bits per heavy atom. The molecule has 0 bridgehead atoms. The van der Waals surface area contributed by atoms with Gasteiger partial charge in [0.1, 0.15) is 4.88 Å². The van der Waals surface area contributed by atoms with Crippen molar-refractivity contribution < 1.29 is 4.79 Å². The molecule has 0 spiro atoms. The lowest BCUT2D eigenvalue weighted by atomic mass is 10.1. The van der Waals surface area contributed by atoms with E-state index in [-0.39, 0.29) is 29.9 Å². The minimum Gasteiger partial charge on any atom is -0.355 e. The predicted octanol–water partition coefficient (Wildman–Crippen LogP) is 2.47. The molecule has 8 heteroatoms. The first-order valence-corrected chi connectivity index (χ1v) is 8.66. The van der Waals surface area contributed by atoms with E-state index < -0.39 is 0 Å². The Morgan fingerprint density at radius 2 is 1.96 bits per heavy atom. The van der Waals surface area contributed by atoms with E-state index in [2.05, 4.69) is 51.0 Å². The number of nitrogens with one attached hydrogen (secondary N) is 3. The number of hydrogen-bond acceptors (Lipinski definition) is 4. The van der Waals surface area contributed by atoms with Gasteiger partial charge in [0.2, 0.25) is 0 Å². The molecule has 0 radical (unpaired) electrons. The molecule has 0 atom stereocenters. The standard InChI is InChI=1S/C17H23N5OS.HI/c1-12-5-4-6-14(9-12)10-21-17(18-3)20-8-7-19-16(23)15-13(2)22-11-24-15;/h4-6,9,11H,7-8,10H2,1-3H3,(H,19,23)(H2,18,20,21);1H. The van der Waals surface area contributed by atoms with Crippen LogP contribution in [0.5, 0.6) is 0 Å². The number of carbonyl (C=O) groups excluding carboxylic acids is 1. The Balaban J connectivity index is 0.00000312. The quantitative estimate of drug-likeness (QED) is 0.261. The van der Waals surface area contributed by atoms with E-state index in [1.807, 2.05) is 13.0 Å². The Hall–Kier alpha value is -1.68. The molecule has 1 heterocycles. The molecule has 0 aliphatic carbocycles. The molecule has 0 fully saturated rings. The highest BCUT2D eigenvalue weighted by Crippen LogP contribution is 2.11. The van der Waals surface area contributed by atoms with Crippen molar-refractivity contribution in [2.75, 3.05) is 20.1 Å². The van der Waals surface area contributed by atoms with Crippen molar-refractivity contribution >= 4 is 47.2 Å². The number of guanidine groups is 1. The van der Waals surface area contributed by atoms with E-state index in [4.69, 9.17) is 0 Å². The largest absolute Gasteiger partial charge is 0.355 e. The first-order chi connectivity index (χ1) is 11.6. The lowest BCUT2D eigenvalue weighted by Gasteiger charge is -2.12. The van der Waals surface area contributed by atoms with Gasteiger partial charge in [0, 0.05) is 26.7 Å². The topological polar surface area (TPSA) is 78.4 Å².